The van der Waals surface area contributed by atoms with Crippen LogP contribution in [0.4, 0.5) is 0 Å². The fourth-order valence-corrected chi connectivity index (χ4v) is 7.22. The van der Waals surface area contributed by atoms with Crippen molar-refractivity contribution in [2.45, 2.75) is 38.3 Å². The average molecular weight is 554 g/mol. The number of ketones is 2. The van der Waals surface area contributed by atoms with Crippen molar-refractivity contribution in [2.75, 3.05) is 34.3 Å². The van der Waals surface area contributed by atoms with E-state index < -0.39 is 58.4 Å². The number of nitrogens with zero attached hydrogens (tertiary/aromatic N) is 2. The number of piperidine rings is 1. The summed E-state index contributed by atoms with van der Waals surface area (Å²) < 4.78 is 4.88. The van der Waals surface area contributed by atoms with Crippen molar-refractivity contribution in [3.8, 4) is 5.75 Å². The van der Waals surface area contributed by atoms with Gasteiger partial charge in [0, 0.05) is 12.1 Å². The third kappa shape index (κ3) is 4.37. The molecule has 11 nitrogen and oxygen atoms in total. The first-order valence-electron chi connectivity index (χ1n) is 13.5. The Bertz CT molecular complexity index is 1350. The van der Waals surface area contributed by atoms with Crippen molar-refractivity contribution in [3.63, 3.8) is 0 Å². The molecule has 1 fully saturated rings. The zero-order chi connectivity index (χ0) is 29.0. The van der Waals surface area contributed by atoms with E-state index in [0.29, 0.717) is 50.9 Å². The second-order valence-electron chi connectivity index (χ2n) is 11.5. The minimum Gasteiger partial charge on any atom is -0.511 e. The van der Waals surface area contributed by atoms with Crippen molar-refractivity contribution in [3.05, 3.63) is 51.5 Å². The topological polar surface area (TPSA) is 171 Å². The Morgan fingerprint density at radius 2 is 1.77 bits per heavy atom. The number of likely N-dealkylation sites (N-methyl/N-ethyl adjacent to an activating group) is 1. The number of aromatic hydroxyl groups is 1. The smallest absolute Gasteiger partial charge is 0.308 e. The van der Waals surface area contributed by atoms with Crippen LogP contribution < -0.4 is 5.73 Å². The molecule has 0 saturated carbocycles. The number of primary amides is 1. The van der Waals surface area contributed by atoms with Gasteiger partial charge in [-0.05, 0) is 81.9 Å². The third-order valence-electron chi connectivity index (χ3n) is 9.06. The third-order valence-corrected chi connectivity index (χ3v) is 9.06. The standard InChI is InChI=1S/C29H35N3O8/c1-31(2)23-17-11-15-10-16-14(12-32-8-6-13(7-9-32)29(39)40-3)4-5-18(33)20(16)24(34)19(15)25(35)21(17)26(36)22(27(23)37)28(30)38/h4-5,13,15,17,21,23,33,35,37H,6-12H2,1-3H3,(H2,30,38)/t15?,17?,21?,23-/m0/s1. The quantitative estimate of drug-likeness (QED) is 0.309. The van der Waals surface area contributed by atoms with Gasteiger partial charge in [0.1, 0.15) is 22.8 Å². The molecular formula is C29H35N3O8. The molecule has 1 aromatic carbocycles. The average Bonchev–Trinajstić information content (AvgIpc) is 2.89. The molecular weight excluding hydrogens is 518 g/mol. The Hall–Kier alpha value is -3.70. The molecule has 1 amide bonds. The van der Waals surface area contributed by atoms with Crippen LogP contribution in [0.25, 0.3) is 0 Å². The van der Waals surface area contributed by atoms with Gasteiger partial charge >= 0.3 is 5.97 Å². The SMILES string of the molecule is COC(=O)C1CCN(Cc2ccc(O)c3c2CC2CC4C(C(=O)C(C(N)=O)=C(O)[C@H]4N(C)C)C(O)=C2C3=O)CC1. The van der Waals surface area contributed by atoms with E-state index in [1.54, 1.807) is 25.1 Å². The van der Waals surface area contributed by atoms with E-state index in [4.69, 9.17) is 10.5 Å². The number of ether oxygens (including phenoxy) is 1. The van der Waals surface area contributed by atoms with Gasteiger partial charge in [-0.15, -0.1) is 0 Å². The lowest BCUT2D eigenvalue weighted by molar-refractivity contribution is -0.147. The van der Waals surface area contributed by atoms with Crippen molar-refractivity contribution in [1.82, 2.24) is 9.80 Å². The number of hydrogen-bond donors (Lipinski definition) is 4. The number of carbonyl (C=O) groups excluding carboxylic acids is 4. The van der Waals surface area contributed by atoms with Gasteiger partial charge in [-0.2, -0.15) is 0 Å². The maximum atomic E-state index is 13.8. The molecule has 4 aliphatic rings. The summed E-state index contributed by atoms with van der Waals surface area (Å²) in [6.45, 7) is 1.89. The number of methoxy groups -OCH3 is 1. The van der Waals surface area contributed by atoms with Crippen LogP contribution in [0.3, 0.4) is 0 Å². The van der Waals surface area contributed by atoms with E-state index in [2.05, 4.69) is 4.90 Å². The lowest BCUT2D eigenvalue weighted by Crippen LogP contribution is -2.53. The van der Waals surface area contributed by atoms with Crippen molar-refractivity contribution in [1.29, 1.82) is 0 Å². The van der Waals surface area contributed by atoms with Crippen LogP contribution in [0.5, 0.6) is 5.75 Å². The number of amides is 1. The fourth-order valence-electron chi connectivity index (χ4n) is 7.22. The molecule has 11 heteroatoms. The number of allylic oxidation sites excluding steroid dienone is 2. The predicted octanol–water partition coefficient (Wildman–Crippen LogP) is 1.39. The second kappa shape index (κ2) is 10.4. The number of benzene rings is 1. The number of fused-ring (bicyclic) bond motifs is 3. The highest BCUT2D eigenvalue weighted by Crippen LogP contribution is 2.50. The first kappa shape index (κ1) is 27.9. The summed E-state index contributed by atoms with van der Waals surface area (Å²) in [6.07, 6.45) is 2.00. The molecule has 0 spiro atoms. The number of phenolic OH excluding ortho intramolecular Hbond substituents is 1. The number of Topliss-reactive ketones (excluding diaryl/α,β-unsaturated/α-hetero) is 2. The molecule has 4 atom stereocenters. The number of phenols is 1. The molecule has 1 aromatic rings. The highest BCUT2D eigenvalue weighted by atomic mass is 16.5. The summed E-state index contributed by atoms with van der Waals surface area (Å²) in [5.74, 6) is -6.07. The lowest BCUT2D eigenvalue weighted by atomic mass is 9.60. The lowest BCUT2D eigenvalue weighted by Gasteiger charge is -2.46. The van der Waals surface area contributed by atoms with Gasteiger partial charge in [0.15, 0.2) is 11.6 Å². The second-order valence-corrected chi connectivity index (χ2v) is 11.5. The van der Waals surface area contributed by atoms with Crippen LogP contribution in [0.15, 0.2) is 34.8 Å². The number of likely N-dealkylation sites (tertiary alicyclic amines) is 1. The molecule has 5 rings (SSSR count). The Morgan fingerprint density at radius 3 is 2.38 bits per heavy atom. The summed E-state index contributed by atoms with van der Waals surface area (Å²) in [5.41, 5.74) is 6.61. The first-order valence-corrected chi connectivity index (χ1v) is 13.5. The molecule has 0 radical (unpaired) electrons. The highest BCUT2D eigenvalue weighted by Gasteiger charge is 2.54. The van der Waals surface area contributed by atoms with Crippen LogP contribution >= 0.6 is 0 Å². The molecule has 40 heavy (non-hydrogen) atoms. The number of aliphatic hydroxyl groups excluding tert-OH is 2. The molecule has 1 aliphatic heterocycles. The van der Waals surface area contributed by atoms with Gasteiger partial charge in [-0.3, -0.25) is 29.0 Å². The molecule has 0 bridgehead atoms. The first-order chi connectivity index (χ1) is 19.0. The van der Waals surface area contributed by atoms with Crippen molar-refractivity contribution >= 4 is 23.4 Å². The van der Waals surface area contributed by atoms with Gasteiger partial charge in [0.25, 0.3) is 5.91 Å². The predicted molar refractivity (Wildman–Crippen MR) is 142 cm³/mol. The van der Waals surface area contributed by atoms with E-state index in [1.165, 1.54) is 13.2 Å². The van der Waals surface area contributed by atoms with Crippen LogP contribution in [0.1, 0.15) is 40.7 Å². The largest absolute Gasteiger partial charge is 0.511 e. The van der Waals surface area contributed by atoms with Gasteiger partial charge in [-0.1, -0.05) is 6.07 Å². The molecule has 3 aliphatic carbocycles. The number of esters is 1. The maximum absolute atomic E-state index is 13.8. The van der Waals surface area contributed by atoms with Crippen LogP contribution in [-0.2, 0) is 32.1 Å². The molecule has 214 valence electrons. The Kier molecular flexibility index (Phi) is 7.22. The normalized spacial score (nSPS) is 27.4. The Labute approximate surface area is 231 Å². The Morgan fingerprint density at radius 1 is 1.10 bits per heavy atom. The Balaban J connectivity index is 1.50. The van der Waals surface area contributed by atoms with Gasteiger partial charge in [-0.25, -0.2) is 0 Å². The zero-order valence-electron chi connectivity index (χ0n) is 22.8. The minimum absolute atomic E-state index is 0.0659. The zero-order valence-corrected chi connectivity index (χ0v) is 22.8. The van der Waals surface area contributed by atoms with Crippen molar-refractivity contribution in [2.24, 2.45) is 29.4 Å². The highest BCUT2D eigenvalue weighted by molar-refractivity contribution is 6.22. The number of hydrogen-bond acceptors (Lipinski definition) is 10. The molecule has 1 saturated heterocycles. The monoisotopic (exact) mass is 553 g/mol. The van der Waals surface area contributed by atoms with Gasteiger partial charge < -0.3 is 25.8 Å². The van der Waals surface area contributed by atoms with Crippen LogP contribution in [0, 0.1) is 23.7 Å². The molecule has 0 aromatic heterocycles. The van der Waals surface area contributed by atoms with Gasteiger partial charge in [0.05, 0.1) is 30.6 Å². The summed E-state index contributed by atoms with van der Waals surface area (Å²) >= 11 is 0. The van der Waals surface area contributed by atoms with Crippen molar-refractivity contribution < 1.29 is 39.2 Å². The summed E-state index contributed by atoms with van der Waals surface area (Å²) in [6, 6.07) is 2.51. The minimum atomic E-state index is -1.20. The van der Waals surface area contributed by atoms with Gasteiger partial charge in [0.2, 0.25) is 0 Å². The number of rotatable bonds is 5. The fraction of sp³-hybridized carbons (Fsp3) is 0.517. The molecule has 5 N–H and O–H groups in total. The molecule has 1 heterocycles. The summed E-state index contributed by atoms with van der Waals surface area (Å²) in [7, 11) is 4.79. The van der Waals surface area contributed by atoms with E-state index in [-0.39, 0.29) is 28.8 Å². The van der Waals surface area contributed by atoms with Crippen LogP contribution in [0.2, 0.25) is 0 Å². The molecule has 3 unspecified atom stereocenters. The van der Waals surface area contributed by atoms with E-state index in [1.807, 2.05) is 0 Å². The number of aliphatic hydroxyl groups is 2. The summed E-state index contributed by atoms with van der Waals surface area (Å²) in [4.78, 5) is 55.0. The number of carbonyl (C=O) groups is 4. The van der Waals surface area contributed by atoms with E-state index >= 15 is 0 Å². The van der Waals surface area contributed by atoms with E-state index in [9.17, 15) is 34.5 Å². The summed E-state index contributed by atoms with van der Waals surface area (Å²) in [5, 5.41) is 33.0. The van der Waals surface area contributed by atoms with E-state index in [0.717, 1.165) is 5.56 Å². The maximum Gasteiger partial charge on any atom is 0.308 e. The van der Waals surface area contributed by atoms with Crippen LogP contribution in [-0.4, -0.2) is 88.9 Å². The number of nitrogens with two attached hydrogens (primary N) is 1.